The monoisotopic (exact) mass is 243 g/mol. The molecule has 2 heteroatoms. The first-order chi connectivity index (χ1) is 8.69. The fourth-order valence-corrected chi connectivity index (χ4v) is 2.18. The number of hydrogen-bond donors (Lipinski definition) is 0. The van der Waals surface area contributed by atoms with Crippen LogP contribution in [0.25, 0.3) is 10.8 Å². The van der Waals surface area contributed by atoms with Crippen LogP contribution in [0.3, 0.4) is 0 Å². The molecule has 0 N–H and O–H groups in total. The van der Waals surface area contributed by atoms with Gasteiger partial charge in [0.15, 0.2) is 0 Å². The fraction of sp³-hybridized carbons (Fsp3) is 0.375. The molecule has 0 aliphatic carbocycles. The molecule has 0 radical (unpaired) electrons. The number of nitrogens with zero attached hydrogens (tertiary/aromatic N) is 1. The van der Waals surface area contributed by atoms with Gasteiger partial charge < -0.3 is 4.74 Å². The van der Waals surface area contributed by atoms with Gasteiger partial charge in [-0.1, -0.05) is 42.0 Å². The molecule has 0 atom stereocenters. The van der Waals surface area contributed by atoms with Crippen LogP contribution < -0.4 is 0 Å². The standard InChI is InChI=1S/C16H21NO/c1-13-4-6-16-11-14(5-7-15(16)10-13)8-9-17(2)12-18-3/h4-7,10-11H,8-9,12H2,1-3H3. The number of rotatable bonds is 5. The molecule has 2 rings (SSSR count). The Balaban J connectivity index is 2.08. The minimum atomic E-state index is 0.687. The van der Waals surface area contributed by atoms with Gasteiger partial charge in [-0.25, -0.2) is 0 Å². The lowest BCUT2D eigenvalue weighted by Crippen LogP contribution is -2.23. The minimum Gasteiger partial charge on any atom is -0.369 e. The minimum absolute atomic E-state index is 0.687. The summed E-state index contributed by atoms with van der Waals surface area (Å²) < 4.78 is 5.10. The quantitative estimate of drug-likeness (QED) is 0.748. The molecule has 0 aromatic heterocycles. The number of likely N-dealkylation sites (N-methyl/N-ethyl adjacent to an activating group) is 1. The third-order valence-corrected chi connectivity index (χ3v) is 3.19. The number of hydrogen-bond acceptors (Lipinski definition) is 2. The molecular formula is C16H21NO. The molecule has 2 aromatic rings. The Bertz CT molecular complexity index is 521. The highest BCUT2D eigenvalue weighted by atomic mass is 16.5. The van der Waals surface area contributed by atoms with Crippen LogP contribution in [0.15, 0.2) is 36.4 Å². The molecule has 0 saturated heterocycles. The molecule has 0 bridgehead atoms. The Kier molecular flexibility index (Phi) is 4.34. The maximum atomic E-state index is 5.10. The van der Waals surface area contributed by atoms with E-state index in [1.165, 1.54) is 21.9 Å². The van der Waals surface area contributed by atoms with E-state index in [9.17, 15) is 0 Å². The normalized spacial score (nSPS) is 11.3. The highest BCUT2D eigenvalue weighted by Gasteiger charge is 2.00. The van der Waals surface area contributed by atoms with Gasteiger partial charge in [-0.15, -0.1) is 0 Å². The van der Waals surface area contributed by atoms with Gasteiger partial charge in [-0.3, -0.25) is 4.90 Å². The average Bonchev–Trinajstić information content (AvgIpc) is 2.36. The van der Waals surface area contributed by atoms with E-state index in [-0.39, 0.29) is 0 Å². The summed E-state index contributed by atoms with van der Waals surface area (Å²) in [7, 11) is 3.81. The van der Waals surface area contributed by atoms with Gasteiger partial charge in [-0.05, 0) is 36.7 Å². The van der Waals surface area contributed by atoms with E-state index in [0.29, 0.717) is 6.73 Å². The van der Waals surface area contributed by atoms with Gasteiger partial charge in [0.2, 0.25) is 0 Å². The Morgan fingerprint density at radius 2 is 1.78 bits per heavy atom. The molecule has 96 valence electrons. The summed E-state index contributed by atoms with van der Waals surface area (Å²) in [6, 6.07) is 13.3. The second-order valence-electron chi connectivity index (χ2n) is 4.93. The molecule has 0 aliphatic heterocycles. The predicted molar refractivity (Wildman–Crippen MR) is 76.9 cm³/mol. The van der Waals surface area contributed by atoms with Crippen molar-refractivity contribution in [3.05, 3.63) is 47.5 Å². The van der Waals surface area contributed by atoms with Crippen LogP contribution in [0.1, 0.15) is 11.1 Å². The number of ether oxygens (including phenoxy) is 1. The summed E-state index contributed by atoms with van der Waals surface area (Å²) in [6.07, 6.45) is 1.06. The molecule has 0 fully saturated rings. The van der Waals surface area contributed by atoms with Crippen LogP contribution in [0.2, 0.25) is 0 Å². The van der Waals surface area contributed by atoms with E-state index < -0.39 is 0 Å². The zero-order valence-electron chi connectivity index (χ0n) is 11.4. The lowest BCUT2D eigenvalue weighted by molar-refractivity contribution is 0.0827. The first kappa shape index (κ1) is 13.1. The van der Waals surface area contributed by atoms with Crippen LogP contribution >= 0.6 is 0 Å². The van der Waals surface area contributed by atoms with Crippen molar-refractivity contribution in [3.8, 4) is 0 Å². The lowest BCUT2D eigenvalue weighted by Gasteiger charge is -2.15. The fourth-order valence-electron chi connectivity index (χ4n) is 2.18. The second kappa shape index (κ2) is 5.98. The topological polar surface area (TPSA) is 12.5 Å². The molecule has 0 spiro atoms. The van der Waals surface area contributed by atoms with Crippen LogP contribution in [0.4, 0.5) is 0 Å². The zero-order chi connectivity index (χ0) is 13.0. The van der Waals surface area contributed by atoms with Gasteiger partial charge in [0, 0.05) is 13.7 Å². The van der Waals surface area contributed by atoms with E-state index in [4.69, 9.17) is 4.74 Å². The molecule has 0 aliphatic rings. The Morgan fingerprint density at radius 3 is 2.56 bits per heavy atom. The molecule has 2 aromatic carbocycles. The molecule has 0 heterocycles. The summed E-state index contributed by atoms with van der Waals surface area (Å²) in [5, 5.41) is 2.65. The summed E-state index contributed by atoms with van der Waals surface area (Å²) >= 11 is 0. The summed E-state index contributed by atoms with van der Waals surface area (Å²) in [5.41, 5.74) is 2.70. The Labute approximate surface area is 109 Å². The molecule has 18 heavy (non-hydrogen) atoms. The summed E-state index contributed by atoms with van der Waals surface area (Å²) in [4.78, 5) is 2.18. The van der Waals surface area contributed by atoms with Crippen molar-refractivity contribution in [2.45, 2.75) is 13.3 Å². The summed E-state index contributed by atoms with van der Waals surface area (Å²) in [6.45, 7) is 3.84. The van der Waals surface area contributed by atoms with Crippen molar-refractivity contribution >= 4 is 10.8 Å². The maximum Gasteiger partial charge on any atom is 0.0984 e. The SMILES string of the molecule is COCN(C)CCc1ccc2cc(C)ccc2c1. The second-order valence-corrected chi connectivity index (χ2v) is 4.93. The molecule has 0 saturated carbocycles. The predicted octanol–water partition coefficient (Wildman–Crippen LogP) is 3.23. The molecule has 0 unspecified atom stereocenters. The van der Waals surface area contributed by atoms with E-state index in [0.717, 1.165) is 13.0 Å². The molecule has 2 nitrogen and oxygen atoms in total. The van der Waals surface area contributed by atoms with E-state index >= 15 is 0 Å². The zero-order valence-corrected chi connectivity index (χ0v) is 11.4. The first-order valence-electron chi connectivity index (χ1n) is 6.36. The van der Waals surface area contributed by atoms with Gasteiger partial charge >= 0.3 is 0 Å². The third kappa shape index (κ3) is 3.31. The van der Waals surface area contributed by atoms with E-state index in [2.05, 4.69) is 55.3 Å². The van der Waals surface area contributed by atoms with Gasteiger partial charge in [0.05, 0.1) is 6.73 Å². The van der Waals surface area contributed by atoms with Crippen molar-refractivity contribution in [1.29, 1.82) is 0 Å². The van der Waals surface area contributed by atoms with Gasteiger partial charge in [-0.2, -0.15) is 0 Å². The van der Waals surface area contributed by atoms with Crippen molar-refractivity contribution in [1.82, 2.24) is 4.90 Å². The highest BCUT2D eigenvalue weighted by Crippen LogP contribution is 2.18. The van der Waals surface area contributed by atoms with Crippen LogP contribution in [-0.4, -0.2) is 32.3 Å². The van der Waals surface area contributed by atoms with Gasteiger partial charge in [0.25, 0.3) is 0 Å². The maximum absolute atomic E-state index is 5.10. The third-order valence-electron chi connectivity index (χ3n) is 3.19. The highest BCUT2D eigenvalue weighted by molar-refractivity contribution is 5.83. The largest absolute Gasteiger partial charge is 0.369 e. The van der Waals surface area contributed by atoms with E-state index in [1.54, 1.807) is 7.11 Å². The molecular weight excluding hydrogens is 222 g/mol. The van der Waals surface area contributed by atoms with Crippen LogP contribution in [0, 0.1) is 6.92 Å². The number of methoxy groups -OCH3 is 1. The van der Waals surface area contributed by atoms with Crippen molar-refractivity contribution in [2.75, 3.05) is 27.4 Å². The van der Waals surface area contributed by atoms with Crippen LogP contribution in [0.5, 0.6) is 0 Å². The summed E-state index contributed by atoms with van der Waals surface area (Å²) in [5.74, 6) is 0. The Morgan fingerprint density at radius 1 is 1.06 bits per heavy atom. The average molecular weight is 243 g/mol. The van der Waals surface area contributed by atoms with Crippen molar-refractivity contribution in [2.24, 2.45) is 0 Å². The van der Waals surface area contributed by atoms with Gasteiger partial charge in [0.1, 0.15) is 0 Å². The number of fused-ring (bicyclic) bond motifs is 1. The van der Waals surface area contributed by atoms with Crippen molar-refractivity contribution in [3.63, 3.8) is 0 Å². The lowest BCUT2D eigenvalue weighted by atomic mass is 10.0. The van der Waals surface area contributed by atoms with Crippen molar-refractivity contribution < 1.29 is 4.74 Å². The molecule has 0 amide bonds. The number of aryl methyl sites for hydroxylation is 1. The number of benzene rings is 2. The first-order valence-corrected chi connectivity index (χ1v) is 6.36. The van der Waals surface area contributed by atoms with E-state index in [1.807, 2.05) is 0 Å². The smallest absolute Gasteiger partial charge is 0.0984 e. The van der Waals surface area contributed by atoms with Crippen LogP contribution in [-0.2, 0) is 11.2 Å². The Hall–Kier alpha value is -1.38.